The Hall–Kier alpha value is -2.01. The zero-order valence-corrected chi connectivity index (χ0v) is 18.7. The minimum atomic E-state index is -3.83. The largest absolute Gasteiger partial charge is 0.308 e. The molecule has 29 heavy (non-hydrogen) atoms. The van der Waals surface area contributed by atoms with Gasteiger partial charge in [0.25, 0.3) is 0 Å². The van der Waals surface area contributed by atoms with Crippen molar-refractivity contribution < 1.29 is 16.8 Å². The van der Waals surface area contributed by atoms with Crippen LogP contribution in [0.1, 0.15) is 31.9 Å². The van der Waals surface area contributed by atoms with Crippen LogP contribution in [0.25, 0.3) is 10.2 Å². The van der Waals surface area contributed by atoms with Crippen LogP contribution in [0.3, 0.4) is 0 Å². The Labute approximate surface area is 174 Å². The van der Waals surface area contributed by atoms with Crippen LogP contribution in [0.5, 0.6) is 0 Å². The van der Waals surface area contributed by atoms with Crippen molar-refractivity contribution in [3.8, 4) is 0 Å². The smallest absolute Gasteiger partial charge is 0.299 e. The summed E-state index contributed by atoms with van der Waals surface area (Å²) in [5, 5.41) is 0. The van der Waals surface area contributed by atoms with Crippen LogP contribution in [-0.2, 0) is 26.4 Å². The second kappa shape index (κ2) is 8.02. The average molecular weight is 455 g/mol. The molecule has 1 aromatic heterocycles. The number of aryl methyl sites for hydroxylation is 1. The minimum Gasteiger partial charge on any atom is -0.299 e. The van der Waals surface area contributed by atoms with Gasteiger partial charge < -0.3 is 0 Å². The number of sulfone groups is 1. The molecule has 0 amide bonds. The van der Waals surface area contributed by atoms with Gasteiger partial charge in [-0.05, 0) is 49.2 Å². The van der Waals surface area contributed by atoms with Crippen LogP contribution < -0.4 is 9.60 Å². The van der Waals surface area contributed by atoms with Crippen molar-refractivity contribution >= 4 is 41.4 Å². The molecule has 3 aromatic rings. The molecule has 0 saturated heterocycles. The van der Waals surface area contributed by atoms with E-state index in [0.717, 1.165) is 17.6 Å². The van der Waals surface area contributed by atoms with Crippen molar-refractivity contribution in [2.45, 2.75) is 42.6 Å². The highest BCUT2D eigenvalue weighted by molar-refractivity contribution is 7.90. The number of nitrogens with one attached hydrogen (secondary N) is 1. The van der Waals surface area contributed by atoms with E-state index in [1.165, 1.54) is 24.3 Å². The molecule has 0 aliphatic heterocycles. The van der Waals surface area contributed by atoms with Gasteiger partial charge in [0, 0.05) is 18.8 Å². The van der Waals surface area contributed by atoms with Crippen LogP contribution in [0.2, 0.25) is 0 Å². The third kappa shape index (κ3) is 4.45. The van der Waals surface area contributed by atoms with E-state index in [-0.39, 0.29) is 14.7 Å². The fourth-order valence-corrected chi connectivity index (χ4v) is 6.14. The fraction of sp³-hybridized carbons (Fsp3) is 0.316. The van der Waals surface area contributed by atoms with Gasteiger partial charge in [-0.15, -0.1) is 0 Å². The molecule has 156 valence electrons. The molecule has 0 radical (unpaired) electrons. The van der Waals surface area contributed by atoms with E-state index in [1.54, 1.807) is 22.8 Å². The first-order chi connectivity index (χ1) is 13.6. The number of benzene rings is 2. The molecule has 1 N–H and O–H groups in total. The van der Waals surface area contributed by atoms with E-state index < -0.39 is 25.9 Å². The van der Waals surface area contributed by atoms with Crippen molar-refractivity contribution in [3.63, 3.8) is 0 Å². The first kappa shape index (κ1) is 21.7. The van der Waals surface area contributed by atoms with Gasteiger partial charge in [0.15, 0.2) is 9.84 Å². The molecular weight excluding hydrogens is 432 g/mol. The SMILES string of the molecule is CC[C@H](NS(=O)(=O)c1ccc2c(c1)sc(=O)n2CC)c1ccc(S(C)(=O)=O)cc1. The highest BCUT2D eigenvalue weighted by Gasteiger charge is 2.22. The number of thiazole rings is 1. The molecule has 3 rings (SSSR count). The maximum Gasteiger partial charge on any atom is 0.308 e. The molecular formula is C19H22N2O5S3. The number of fused-ring (bicyclic) bond motifs is 1. The number of sulfonamides is 1. The van der Waals surface area contributed by atoms with Gasteiger partial charge in [-0.25, -0.2) is 21.6 Å². The summed E-state index contributed by atoms with van der Waals surface area (Å²) in [7, 11) is -7.15. The van der Waals surface area contributed by atoms with E-state index >= 15 is 0 Å². The van der Waals surface area contributed by atoms with Crippen LogP contribution in [-0.4, -0.2) is 27.7 Å². The number of aromatic nitrogens is 1. The molecule has 0 unspecified atom stereocenters. The summed E-state index contributed by atoms with van der Waals surface area (Å²) >= 11 is 1.02. The number of rotatable bonds is 7. The summed E-state index contributed by atoms with van der Waals surface area (Å²) in [4.78, 5) is 12.2. The van der Waals surface area contributed by atoms with Crippen LogP contribution in [0.4, 0.5) is 0 Å². The Morgan fingerprint density at radius 3 is 2.17 bits per heavy atom. The lowest BCUT2D eigenvalue weighted by Crippen LogP contribution is -2.28. The second-order valence-corrected chi connectivity index (χ2v) is 11.4. The summed E-state index contributed by atoms with van der Waals surface area (Å²) in [5.74, 6) is 0. The molecule has 1 heterocycles. The third-order valence-electron chi connectivity index (χ3n) is 4.68. The quantitative estimate of drug-likeness (QED) is 0.591. The monoisotopic (exact) mass is 454 g/mol. The Kier molecular flexibility index (Phi) is 6.00. The van der Waals surface area contributed by atoms with Crippen LogP contribution in [0, 0.1) is 0 Å². The first-order valence-corrected chi connectivity index (χ1v) is 13.2. The first-order valence-electron chi connectivity index (χ1n) is 9.02. The molecule has 0 saturated carbocycles. The molecule has 0 aliphatic carbocycles. The van der Waals surface area contributed by atoms with Crippen LogP contribution in [0.15, 0.2) is 57.1 Å². The predicted octanol–water partition coefficient (Wildman–Crippen LogP) is 2.92. The third-order valence-corrected chi connectivity index (χ3v) is 8.22. The summed E-state index contributed by atoms with van der Waals surface area (Å²) in [6.45, 7) is 4.22. The van der Waals surface area contributed by atoms with E-state index in [9.17, 15) is 21.6 Å². The molecule has 0 aliphatic rings. The topological polar surface area (TPSA) is 102 Å². The maximum absolute atomic E-state index is 12.9. The molecule has 7 nitrogen and oxygen atoms in total. The van der Waals surface area contributed by atoms with Crippen molar-refractivity contribution in [1.29, 1.82) is 0 Å². The van der Waals surface area contributed by atoms with E-state index in [0.29, 0.717) is 28.7 Å². The van der Waals surface area contributed by atoms with Gasteiger partial charge in [-0.1, -0.05) is 30.4 Å². The minimum absolute atomic E-state index is 0.0840. The average Bonchev–Trinajstić information content (AvgIpc) is 2.99. The van der Waals surface area contributed by atoms with Gasteiger partial charge in [-0.2, -0.15) is 0 Å². The number of hydrogen-bond donors (Lipinski definition) is 1. The van der Waals surface area contributed by atoms with Crippen molar-refractivity contribution in [1.82, 2.24) is 9.29 Å². The van der Waals surface area contributed by atoms with Crippen molar-refractivity contribution in [2.75, 3.05) is 6.26 Å². The zero-order valence-electron chi connectivity index (χ0n) is 16.2. The maximum atomic E-state index is 12.9. The predicted molar refractivity (Wildman–Crippen MR) is 115 cm³/mol. The summed E-state index contributed by atoms with van der Waals surface area (Å²) < 4.78 is 54.0. The standard InChI is InChI=1S/C19H22N2O5S3/c1-4-16(13-6-8-14(9-7-13)28(3,23)24)20-29(25,26)15-10-11-17-18(12-15)27-19(22)21(17)5-2/h6-12,16,20H,4-5H2,1-3H3/t16-/m0/s1. The lowest BCUT2D eigenvalue weighted by molar-refractivity contribution is 0.550. The van der Waals surface area contributed by atoms with Gasteiger partial charge in [0.2, 0.25) is 10.0 Å². The summed E-state index contributed by atoms with van der Waals surface area (Å²) in [6.07, 6.45) is 1.61. The second-order valence-electron chi connectivity index (χ2n) is 6.67. The lowest BCUT2D eigenvalue weighted by Gasteiger charge is -2.18. The van der Waals surface area contributed by atoms with Gasteiger partial charge in [-0.3, -0.25) is 9.36 Å². The molecule has 10 heteroatoms. The Morgan fingerprint density at radius 1 is 1.00 bits per heavy atom. The van der Waals surface area contributed by atoms with Gasteiger partial charge >= 0.3 is 4.87 Å². The van der Waals surface area contributed by atoms with E-state index in [2.05, 4.69) is 4.72 Å². The van der Waals surface area contributed by atoms with Gasteiger partial charge in [0.1, 0.15) is 0 Å². The molecule has 0 bridgehead atoms. The summed E-state index contributed by atoms with van der Waals surface area (Å²) in [5.41, 5.74) is 1.39. The fourth-order valence-electron chi connectivity index (χ4n) is 3.10. The molecule has 0 spiro atoms. The lowest BCUT2D eigenvalue weighted by atomic mass is 10.1. The Bertz CT molecular complexity index is 1300. The van der Waals surface area contributed by atoms with Crippen molar-refractivity contribution in [3.05, 3.63) is 57.7 Å². The molecule has 0 fully saturated rings. The highest BCUT2D eigenvalue weighted by Crippen LogP contribution is 2.25. The number of nitrogens with zero attached hydrogens (tertiary/aromatic N) is 1. The summed E-state index contributed by atoms with van der Waals surface area (Å²) in [6, 6.07) is 10.3. The Morgan fingerprint density at radius 2 is 1.62 bits per heavy atom. The van der Waals surface area contributed by atoms with Crippen LogP contribution >= 0.6 is 11.3 Å². The molecule has 1 atom stereocenters. The normalized spacial score (nSPS) is 13.6. The Balaban J connectivity index is 1.92. The van der Waals surface area contributed by atoms with Gasteiger partial charge in [0.05, 0.1) is 20.0 Å². The van der Waals surface area contributed by atoms with E-state index in [4.69, 9.17) is 0 Å². The van der Waals surface area contributed by atoms with Crippen molar-refractivity contribution in [2.24, 2.45) is 0 Å². The molecule has 2 aromatic carbocycles. The van der Waals surface area contributed by atoms with E-state index in [1.807, 2.05) is 13.8 Å². The highest BCUT2D eigenvalue weighted by atomic mass is 32.2. The number of hydrogen-bond acceptors (Lipinski definition) is 6. The zero-order chi connectivity index (χ0) is 21.4.